The van der Waals surface area contributed by atoms with Gasteiger partial charge in [-0.25, -0.2) is 0 Å². The van der Waals surface area contributed by atoms with E-state index in [2.05, 4.69) is 17.4 Å². The maximum atomic E-state index is 8.64. The first-order chi connectivity index (χ1) is 7.47. The van der Waals surface area contributed by atoms with E-state index in [1.807, 2.05) is 13.8 Å². The van der Waals surface area contributed by atoms with Crippen LogP contribution in [0, 0.1) is 17.3 Å². The monoisotopic (exact) mass is 227 g/mol. The summed E-state index contributed by atoms with van der Waals surface area (Å²) in [4.78, 5) is 0. The van der Waals surface area contributed by atoms with Crippen LogP contribution in [0.3, 0.4) is 0 Å². The molecule has 1 atom stereocenters. The Labute approximate surface area is 98.3 Å². The van der Waals surface area contributed by atoms with E-state index in [4.69, 9.17) is 10.9 Å². The molecule has 4 heteroatoms. The normalized spacial score (nSPS) is 19.8. The third-order valence-corrected chi connectivity index (χ3v) is 3.62. The van der Waals surface area contributed by atoms with Crippen molar-refractivity contribution in [3.8, 4) is 0 Å². The molecule has 0 saturated heterocycles. The fourth-order valence-corrected chi connectivity index (χ4v) is 1.83. The van der Waals surface area contributed by atoms with E-state index < -0.39 is 0 Å². The first-order valence-corrected chi connectivity index (χ1v) is 6.16. The zero-order valence-electron chi connectivity index (χ0n) is 10.7. The third-order valence-electron chi connectivity index (χ3n) is 3.62. The largest absolute Gasteiger partial charge is 0.409 e. The Balaban J connectivity index is 2.14. The standard InChI is InChI=1S/C12H25N3O/c1-9(10-4-5-10)8-14-7-6-12(2,3)11(13)15-16/h9-10,14,16H,4-8H2,1-3H3,(H2,13,15). The summed E-state index contributed by atoms with van der Waals surface area (Å²) in [7, 11) is 0. The number of hydrogen-bond acceptors (Lipinski definition) is 3. The maximum Gasteiger partial charge on any atom is 0.144 e. The van der Waals surface area contributed by atoms with Gasteiger partial charge in [-0.15, -0.1) is 0 Å². The predicted molar refractivity (Wildman–Crippen MR) is 66.6 cm³/mol. The van der Waals surface area contributed by atoms with Gasteiger partial charge in [0.25, 0.3) is 0 Å². The first kappa shape index (κ1) is 13.3. The molecule has 4 N–H and O–H groups in total. The van der Waals surface area contributed by atoms with Crippen molar-refractivity contribution < 1.29 is 5.21 Å². The fraction of sp³-hybridized carbons (Fsp3) is 0.917. The maximum absolute atomic E-state index is 8.64. The predicted octanol–water partition coefficient (Wildman–Crippen LogP) is 1.78. The second-order valence-corrected chi connectivity index (χ2v) is 5.64. The zero-order valence-corrected chi connectivity index (χ0v) is 10.7. The molecular formula is C12H25N3O. The number of oxime groups is 1. The SMILES string of the molecule is CC(CNCCC(C)(C)C(N)=NO)C1CC1. The average molecular weight is 227 g/mol. The van der Waals surface area contributed by atoms with Crippen LogP contribution in [0.15, 0.2) is 5.16 Å². The lowest BCUT2D eigenvalue weighted by Gasteiger charge is -2.23. The van der Waals surface area contributed by atoms with E-state index in [9.17, 15) is 0 Å². The summed E-state index contributed by atoms with van der Waals surface area (Å²) in [5, 5.41) is 15.2. The van der Waals surface area contributed by atoms with E-state index in [0.29, 0.717) is 5.84 Å². The molecule has 0 aromatic carbocycles. The lowest BCUT2D eigenvalue weighted by Crippen LogP contribution is -2.35. The molecule has 94 valence electrons. The van der Waals surface area contributed by atoms with Crippen LogP contribution in [0.25, 0.3) is 0 Å². The van der Waals surface area contributed by atoms with Crippen LogP contribution in [-0.4, -0.2) is 24.1 Å². The lowest BCUT2D eigenvalue weighted by molar-refractivity contribution is 0.304. The van der Waals surface area contributed by atoms with E-state index in [0.717, 1.165) is 31.3 Å². The number of hydrogen-bond donors (Lipinski definition) is 3. The average Bonchev–Trinajstić information content (AvgIpc) is 3.06. The van der Waals surface area contributed by atoms with Gasteiger partial charge < -0.3 is 16.3 Å². The van der Waals surface area contributed by atoms with Crippen LogP contribution in [0.2, 0.25) is 0 Å². The molecule has 1 saturated carbocycles. The summed E-state index contributed by atoms with van der Waals surface area (Å²) in [5.41, 5.74) is 5.39. The summed E-state index contributed by atoms with van der Waals surface area (Å²) in [6.07, 6.45) is 3.69. The summed E-state index contributed by atoms with van der Waals surface area (Å²) in [5.74, 6) is 2.04. The number of amidine groups is 1. The minimum absolute atomic E-state index is 0.232. The molecule has 0 aromatic rings. The Hall–Kier alpha value is -0.770. The van der Waals surface area contributed by atoms with Gasteiger partial charge in [-0.1, -0.05) is 25.9 Å². The Morgan fingerprint density at radius 1 is 1.56 bits per heavy atom. The van der Waals surface area contributed by atoms with Crippen molar-refractivity contribution in [2.24, 2.45) is 28.1 Å². The van der Waals surface area contributed by atoms with Gasteiger partial charge in [0.15, 0.2) is 0 Å². The highest BCUT2D eigenvalue weighted by molar-refractivity contribution is 5.85. The Kier molecular flexibility index (Phi) is 4.59. The van der Waals surface area contributed by atoms with Crippen molar-refractivity contribution >= 4 is 5.84 Å². The quantitative estimate of drug-likeness (QED) is 0.204. The van der Waals surface area contributed by atoms with Gasteiger partial charge in [0.05, 0.1) is 0 Å². The Morgan fingerprint density at radius 3 is 2.69 bits per heavy atom. The molecule has 0 bridgehead atoms. The van der Waals surface area contributed by atoms with Gasteiger partial charge in [0.2, 0.25) is 0 Å². The summed E-state index contributed by atoms with van der Waals surface area (Å²) < 4.78 is 0. The minimum Gasteiger partial charge on any atom is -0.409 e. The highest BCUT2D eigenvalue weighted by atomic mass is 16.4. The smallest absolute Gasteiger partial charge is 0.144 e. The summed E-state index contributed by atoms with van der Waals surface area (Å²) >= 11 is 0. The molecule has 1 aliphatic carbocycles. The molecule has 1 unspecified atom stereocenters. The van der Waals surface area contributed by atoms with E-state index >= 15 is 0 Å². The highest BCUT2D eigenvalue weighted by Gasteiger charge is 2.27. The van der Waals surface area contributed by atoms with E-state index in [-0.39, 0.29) is 5.41 Å². The number of rotatable bonds is 7. The van der Waals surface area contributed by atoms with Crippen LogP contribution in [-0.2, 0) is 0 Å². The second-order valence-electron chi connectivity index (χ2n) is 5.64. The molecule has 1 rings (SSSR count). The van der Waals surface area contributed by atoms with Gasteiger partial charge in [0.1, 0.15) is 5.84 Å². The minimum atomic E-state index is -0.232. The van der Waals surface area contributed by atoms with Crippen molar-refractivity contribution in [1.29, 1.82) is 0 Å². The van der Waals surface area contributed by atoms with Gasteiger partial charge in [-0.2, -0.15) is 0 Å². The van der Waals surface area contributed by atoms with Crippen molar-refractivity contribution in [2.75, 3.05) is 13.1 Å². The third kappa shape index (κ3) is 4.00. The van der Waals surface area contributed by atoms with Crippen LogP contribution in [0.4, 0.5) is 0 Å². The molecule has 1 aliphatic rings. The van der Waals surface area contributed by atoms with Crippen LogP contribution >= 0.6 is 0 Å². The number of nitrogens with zero attached hydrogens (tertiary/aromatic N) is 1. The molecule has 0 heterocycles. The molecule has 16 heavy (non-hydrogen) atoms. The molecule has 0 amide bonds. The molecule has 4 nitrogen and oxygen atoms in total. The lowest BCUT2D eigenvalue weighted by atomic mass is 9.88. The van der Waals surface area contributed by atoms with Crippen LogP contribution in [0.1, 0.15) is 40.0 Å². The fourth-order valence-electron chi connectivity index (χ4n) is 1.83. The summed E-state index contributed by atoms with van der Waals surface area (Å²) in [6, 6.07) is 0. The molecule has 0 radical (unpaired) electrons. The van der Waals surface area contributed by atoms with Gasteiger partial charge in [0, 0.05) is 5.41 Å². The second kappa shape index (κ2) is 5.53. The van der Waals surface area contributed by atoms with Crippen LogP contribution in [0.5, 0.6) is 0 Å². The van der Waals surface area contributed by atoms with Gasteiger partial charge in [-0.3, -0.25) is 0 Å². The van der Waals surface area contributed by atoms with Crippen molar-refractivity contribution in [1.82, 2.24) is 5.32 Å². The Morgan fingerprint density at radius 2 is 2.19 bits per heavy atom. The van der Waals surface area contributed by atoms with Gasteiger partial charge >= 0.3 is 0 Å². The van der Waals surface area contributed by atoms with E-state index in [1.54, 1.807) is 0 Å². The summed E-state index contributed by atoms with van der Waals surface area (Å²) in [6.45, 7) is 8.29. The molecule has 0 aromatic heterocycles. The van der Waals surface area contributed by atoms with Crippen LogP contribution < -0.4 is 11.1 Å². The Bertz CT molecular complexity index is 247. The van der Waals surface area contributed by atoms with Gasteiger partial charge in [-0.05, 0) is 44.2 Å². The molecule has 0 spiro atoms. The zero-order chi connectivity index (χ0) is 12.2. The molecular weight excluding hydrogens is 202 g/mol. The van der Waals surface area contributed by atoms with Crippen molar-refractivity contribution in [3.63, 3.8) is 0 Å². The topological polar surface area (TPSA) is 70.6 Å². The molecule has 0 aliphatic heterocycles. The number of nitrogens with one attached hydrogen (secondary N) is 1. The highest BCUT2D eigenvalue weighted by Crippen LogP contribution is 2.36. The molecule has 1 fully saturated rings. The number of nitrogens with two attached hydrogens (primary N) is 1. The first-order valence-electron chi connectivity index (χ1n) is 6.16. The van der Waals surface area contributed by atoms with E-state index in [1.165, 1.54) is 12.8 Å². The van der Waals surface area contributed by atoms with Crippen molar-refractivity contribution in [2.45, 2.75) is 40.0 Å². The van der Waals surface area contributed by atoms with Crippen molar-refractivity contribution in [3.05, 3.63) is 0 Å².